The Bertz CT molecular complexity index is 805. The first-order chi connectivity index (χ1) is 13.4. The number of nitrogens with one attached hydrogen (secondary N) is 1. The highest BCUT2D eigenvalue weighted by atomic mass is 16.5. The Morgan fingerprint density at radius 1 is 1.21 bits per heavy atom. The zero-order valence-corrected chi connectivity index (χ0v) is 17.1. The Labute approximate surface area is 166 Å². The van der Waals surface area contributed by atoms with Crippen molar-refractivity contribution in [3.63, 3.8) is 0 Å². The predicted octanol–water partition coefficient (Wildman–Crippen LogP) is 3.75. The number of aliphatic imine (C=N–C) groups is 1. The molecule has 0 aliphatic heterocycles. The number of carbonyl (C=O) groups is 2. The van der Waals surface area contributed by atoms with Crippen LogP contribution in [0.2, 0.25) is 0 Å². The third-order valence-corrected chi connectivity index (χ3v) is 3.91. The van der Waals surface area contributed by atoms with E-state index in [4.69, 9.17) is 9.47 Å². The third-order valence-electron chi connectivity index (χ3n) is 3.91. The minimum atomic E-state index is -0.373. The van der Waals surface area contributed by atoms with Crippen molar-refractivity contribution < 1.29 is 19.1 Å². The molecular formula is C22H28N2O4. The fraction of sp³-hybridized carbons (Fsp3) is 0.318. The van der Waals surface area contributed by atoms with Gasteiger partial charge in [0, 0.05) is 23.0 Å². The third kappa shape index (κ3) is 6.54. The lowest BCUT2D eigenvalue weighted by Crippen LogP contribution is -2.30. The molecule has 1 rings (SSSR count). The van der Waals surface area contributed by atoms with Crippen molar-refractivity contribution in [1.82, 2.24) is 5.32 Å². The standard InChI is InChI=1S/C22H28N2O4/c1-7-11-23-18(15(3)4)12-16(8-2)19(25)14-24-22(26)17-9-10-20(27-5)21(13-17)28-6/h7-13,15H,1,14H2,2-6H3,(H,24,26)/b16-8?,18-12+,23-11?. The Morgan fingerprint density at radius 3 is 2.43 bits per heavy atom. The van der Waals surface area contributed by atoms with Crippen molar-refractivity contribution in [2.24, 2.45) is 10.9 Å². The van der Waals surface area contributed by atoms with Gasteiger partial charge in [0.2, 0.25) is 0 Å². The maximum Gasteiger partial charge on any atom is 0.251 e. The van der Waals surface area contributed by atoms with E-state index in [1.165, 1.54) is 14.2 Å². The second kappa shape index (κ2) is 11.5. The van der Waals surface area contributed by atoms with Gasteiger partial charge in [-0.15, -0.1) is 0 Å². The van der Waals surface area contributed by atoms with Gasteiger partial charge in [0.05, 0.1) is 20.8 Å². The van der Waals surface area contributed by atoms with Crippen LogP contribution in [0, 0.1) is 5.92 Å². The average Bonchev–Trinajstić information content (AvgIpc) is 2.71. The van der Waals surface area contributed by atoms with Crippen molar-refractivity contribution in [3.05, 3.63) is 59.8 Å². The van der Waals surface area contributed by atoms with Gasteiger partial charge >= 0.3 is 0 Å². The molecule has 1 N–H and O–H groups in total. The highest BCUT2D eigenvalue weighted by molar-refractivity contribution is 6.03. The van der Waals surface area contributed by atoms with E-state index < -0.39 is 0 Å². The number of hydrogen-bond acceptors (Lipinski definition) is 5. The van der Waals surface area contributed by atoms with Gasteiger partial charge in [-0.3, -0.25) is 14.6 Å². The van der Waals surface area contributed by atoms with Crippen LogP contribution in [0.15, 0.2) is 59.3 Å². The first kappa shape index (κ1) is 22.9. The van der Waals surface area contributed by atoms with Gasteiger partial charge in [0.25, 0.3) is 5.91 Å². The zero-order valence-electron chi connectivity index (χ0n) is 17.1. The van der Waals surface area contributed by atoms with Crippen molar-refractivity contribution in [2.75, 3.05) is 20.8 Å². The van der Waals surface area contributed by atoms with Crippen LogP contribution in [0.3, 0.4) is 0 Å². The Morgan fingerprint density at radius 2 is 1.89 bits per heavy atom. The highest BCUT2D eigenvalue weighted by Gasteiger charge is 2.14. The quantitative estimate of drug-likeness (QED) is 0.379. The van der Waals surface area contributed by atoms with Gasteiger partial charge in [0.15, 0.2) is 17.3 Å². The van der Waals surface area contributed by atoms with Crippen LogP contribution >= 0.6 is 0 Å². The van der Waals surface area contributed by atoms with Gasteiger partial charge < -0.3 is 14.8 Å². The van der Waals surface area contributed by atoms with E-state index in [9.17, 15) is 9.59 Å². The van der Waals surface area contributed by atoms with E-state index in [1.54, 1.807) is 49.6 Å². The summed E-state index contributed by atoms with van der Waals surface area (Å²) in [5, 5.41) is 2.64. The maximum atomic E-state index is 12.5. The molecule has 0 spiro atoms. The van der Waals surface area contributed by atoms with Crippen LogP contribution in [0.1, 0.15) is 31.1 Å². The largest absolute Gasteiger partial charge is 0.493 e. The molecule has 1 amide bonds. The number of hydrogen-bond donors (Lipinski definition) is 1. The number of allylic oxidation sites excluding steroid dienone is 4. The van der Waals surface area contributed by atoms with Gasteiger partial charge in [-0.2, -0.15) is 0 Å². The molecule has 0 unspecified atom stereocenters. The highest BCUT2D eigenvalue weighted by Crippen LogP contribution is 2.27. The number of rotatable bonds is 10. The number of Topliss-reactive ketones (excluding diaryl/α,β-unsaturated/α-hetero) is 1. The molecular weight excluding hydrogens is 356 g/mol. The minimum Gasteiger partial charge on any atom is -0.493 e. The summed E-state index contributed by atoms with van der Waals surface area (Å²) >= 11 is 0. The Kier molecular flexibility index (Phi) is 9.43. The van der Waals surface area contributed by atoms with E-state index >= 15 is 0 Å². The number of ether oxygens (including phenoxy) is 2. The number of carbonyl (C=O) groups excluding carboxylic acids is 2. The Balaban J connectivity index is 2.87. The molecule has 150 valence electrons. The normalized spacial score (nSPS) is 12.2. The van der Waals surface area contributed by atoms with Crippen LogP contribution in [0.5, 0.6) is 11.5 Å². The fourth-order valence-corrected chi connectivity index (χ4v) is 2.32. The molecule has 1 aromatic rings. The van der Waals surface area contributed by atoms with Crippen LogP contribution in [0.4, 0.5) is 0 Å². The lowest BCUT2D eigenvalue weighted by molar-refractivity contribution is -0.114. The molecule has 0 radical (unpaired) electrons. The summed E-state index contributed by atoms with van der Waals surface area (Å²) in [6.07, 6.45) is 6.60. The van der Waals surface area contributed by atoms with E-state index in [0.29, 0.717) is 22.6 Å². The van der Waals surface area contributed by atoms with Crippen LogP contribution in [0.25, 0.3) is 0 Å². The van der Waals surface area contributed by atoms with Crippen molar-refractivity contribution in [2.45, 2.75) is 20.8 Å². The molecule has 0 aromatic heterocycles. The lowest BCUT2D eigenvalue weighted by Gasteiger charge is -2.11. The zero-order chi connectivity index (χ0) is 21.1. The summed E-state index contributed by atoms with van der Waals surface area (Å²) in [4.78, 5) is 29.2. The van der Waals surface area contributed by atoms with Gasteiger partial charge in [-0.25, -0.2) is 0 Å². The number of amides is 1. The lowest BCUT2D eigenvalue weighted by atomic mass is 10.0. The molecule has 28 heavy (non-hydrogen) atoms. The Hall–Kier alpha value is -3.15. The average molecular weight is 384 g/mol. The SMILES string of the molecule is C=CC=N/C(=C/C(=CC)C(=O)CNC(=O)c1ccc(OC)c(OC)c1)C(C)C. The molecule has 6 heteroatoms. The molecule has 0 heterocycles. The summed E-state index contributed by atoms with van der Waals surface area (Å²) in [5.74, 6) is 0.532. The molecule has 0 aliphatic rings. The van der Waals surface area contributed by atoms with Crippen molar-refractivity contribution in [3.8, 4) is 11.5 Å². The maximum absolute atomic E-state index is 12.5. The summed E-state index contributed by atoms with van der Waals surface area (Å²) in [5.41, 5.74) is 1.62. The minimum absolute atomic E-state index is 0.125. The summed E-state index contributed by atoms with van der Waals surface area (Å²) in [6.45, 7) is 9.23. The van der Waals surface area contributed by atoms with Gasteiger partial charge in [0.1, 0.15) is 0 Å². The van der Waals surface area contributed by atoms with E-state index in [0.717, 1.165) is 5.70 Å². The molecule has 0 bridgehead atoms. The van der Waals surface area contributed by atoms with E-state index in [2.05, 4.69) is 16.9 Å². The molecule has 0 fully saturated rings. The topological polar surface area (TPSA) is 77.0 Å². The number of ketones is 1. The first-order valence-electron chi connectivity index (χ1n) is 8.94. The molecule has 1 aromatic carbocycles. The van der Waals surface area contributed by atoms with E-state index in [1.807, 2.05) is 13.8 Å². The first-order valence-corrected chi connectivity index (χ1v) is 8.94. The van der Waals surface area contributed by atoms with E-state index in [-0.39, 0.29) is 24.2 Å². The second-order valence-electron chi connectivity index (χ2n) is 6.16. The van der Waals surface area contributed by atoms with Crippen LogP contribution in [-0.4, -0.2) is 38.7 Å². The second-order valence-corrected chi connectivity index (χ2v) is 6.16. The fourth-order valence-electron chi connectivity index (χ4n) is 2.32. The van der Waals surface area contributed by atoms with Crippen LogP contribution < -0.4 is 14.8 Å². The van der Waals surface area contributed by atoms with Crippen molar-refractivity contribution >= 4 is 17.9 Å². The molecule has 6 nitrogen and oxygen atoms in total. The number of benzene rings is 1. The smallest absolute Gasteiger partial charge is 0.251 e. The molecule has 0 saturated carbocycles. The molecule has 0 saturated heterocycles. The predicted molar refractivity (Wildman–Crippen MR) is 112 cm³/mol. The monoisotopic (exact) mass is 384 g/mol. The number of nitrogens with zero attached hydrogens (tertiary/aromatic N) is 1. The summed E-state index contributed by atoms with van der Waals surface area (Å²) < 4.78 is 10.4. The van der Waals surface area contributed by atoms with Crippen molar-refractivity contribution in [1.29, 1.82) is 0 Å². The number of methoxy groups -OCH3 is 2. The molecule has 0 atom stereocenters. The summed E-state index contributed by atoms with van der Waals surface area (Å²) in [7, 11) is 3.02. The van der Waals surface area contributed by atoms with Gasteiger partial charge in [-0.05, 0) is 37.1 Å². The molecule has 0 aliphatic carbocycles. The van der Waals surface area contributed by atoms with Crippen LogP contribution in [-0.2, 0) is 4.79 Å². The van der Waals surface area contributed by atoms with Gasteiger partial charge in [-0.1, -0.05) is 32.6 Å². The summed E-state index contributed by atoms with van der Waals surface area (Å²) in [6, 6.07) is 4.82.